The summed E-state index contributed by atoms with van der Waals surface area (Å²) in [5.74, 6) is 1.67. The molecule has 0 saturated carbocycles. The zero-order valence-corrected chi connectivity index (χ0v) is 20.5. The van der Waals surface area contributed by atoms with Gasteiger partial charge in [-0.25, -0.2) is 0 Å². The van der Waals surface area contributed by atoms with Gasteiger partial charge in [0.05, 0.1) is 18.7 Å². The van der Waals surface area contributed by atoms with E-state index in [1.807, 2.05) is 36.4 Å². The number of allylic oxidation sites excluding steroid dienone is 4. The first-order chi connectivity index (χ1) is 16.1. The maximum Gasteiger partial charge on any atom is 0.163 e. The molecule has 1 aromatic heterocycles. The highest BCUT2D eigenvalue weighted by Crippen LogP contribution is 2.54. The van der Waals surface area contributed by atoms with Crippen LogP contribution in [0, 0.1) is 10.8 Å². The van der Waals surface area contributed by atoms with Crippen LogP contribution in [0.25, 0.3) is 11.3 Å². The zero-order valence-electron chi connectivity index (χ0n) is 20.5. The number of ether oxygens (including phenoxy) is 2. The molecule has 2 aromatic rings. The Bertz CT molecular complexity index is 1200. The minimum absolute atomic E-state index is 0.0470. The number of aromatic nitrogens is 1. The summed E-state index contributed by atoms with van der Waals surface area (Å²) in [7, 11) is 1.63. The Kier molecular flexibility index (Phi) is 5.27. The van der Waals surface area contributed by atoms with E-state index in [2.05, 4.69) is 32.7 Å². The van der Waals surface area contributed by atoms with E-state index in [1.165, 1.54) is 0 Å². The number of ketones is 2. The quantitative estimate of drug-likeness (QED) is 0.552. The van der Waals surface area contributed by atoms with Gasteiger partial charge in [0.15, 0.2) is 11.6 Å². The summed E-state index contributed by atoms with van der Waals surface area (Å²) in [5.41, 5.74) is 3.41. The molecule has 0 saturated heterocycles. The average Bonchev–Trinajstić information content (AvgIpc) is 2.76. The van der Waals surface area contributed by atoms with Crippen LogP contribution in [0.2, 0.25) is 0 Å². The van der Waals surface area contributed by atoms with Crippen LogP contribution in [0.15, 0.2) is 65.3 Å². The molecule has 0 bridgehead atoms. The Morgan fingerprint density at radius 2 is 1.50 bits per heavy atom. The number of carbonyl (C=O) groups excluding carboxylic acids is 2. The summed E-state index contributed by atoms with van der Waals surface area (Å²) in [6.07, 6.45) is 3.94. The predicted octanol–water partition coefficient (Wildman–Crippen LogP) is 6.16. The van der Waals surface area contributed by atoms with E-state index in [0.29, 0.717) is 54.1 Å². The second-order valence-electron chi connectivity index (χ2n) is 11.3. The van der Waals surface area contributed by atoms with Crippen LogP contribution in [-0.2, 0) is 14.3 Å². The van der Waals surface area contributed by atoms with Gasteiger partial charge >= 0.3 is 0 Å². The van der Waals surface area contributed by atoms with Gasteiger partial charge in [-0.15, -0.1) is 0 Å². The van der Waals surface area contributed by atoms with Crippen molar-refractivity contribution in [3.8, 4) is 17.0 Å². The molecule has 0 N–H and O–H groups in total. The highest BCUT2D eigenvalue weighted by molar-refractivity contribution is 6.06. The average molecular weight is 458 g/mol. The molecule has 0 amide bonds. The Morgan fingerprint density at radius 3 is 2.03 bits per heavy atom. The van der Waals surface area contributed by atoms with Crippen LogP contribution in [0.4, 0.5) is 0 Å². The Labute approximate surface area is 200 Å². The highest BCUT2D eigenvalue weighted by atomic mass is 16.5. The normalized spacial score (nSPS) is 21.7. The van der Waals surface area contributed by atoms with Gasteiger partial charge in [0.25, 0.3) is 0 Å². The van der Waals surface area contributed by atoms with Gasteiger partial charge in [-0.1, -0.05) is 33.8 Å². The monoisotopic (exact) mass is 457 g/mol. The summed E-state index contributed by atoms with van der Waals surface area (Å²) in [5, 5.41) is 0. The van der Waals surface area contributed by atoms with Crippen molar-refractivity contribution in [2.24, 2.45) is 10.8 Å². The van der Waals surface area contributed by atoms with E-state index in [0.717, 1.165) is 16.8 Å². The lowest BCUT2D eigenvalue weighted by molar-refractivity contribution is -0.120. The van der Waals surface area contributed by atoms with Gasteiger partial charge < -0.3 is 9.47 Å². The van der Waals surface area contributed by atoms with Crippen LogP contribution in [0.1, 0.15) is 64.9 Å². The second-order valence-corrected chi connectivity index (χ2v) is 11.3. The van der Waals surface area contributed by atoms with Crippen molar-refractivity contribution in [1.29, 1.82) is 0 Å². The molecular formula is C29H31NO4. The second kappa shape index (κ2) is 7.93. The van der Waals surface area contributed by atoms with Gasteiger partial charge in [0, 0.05) is 54.2 Å². The van der Waals surface area contributed by atoms with Crippen molar-refractivity contribution >= 4 is 11.6 Å². The molecule has 2 heterocycles. The molecule has 3 aliphatic rings. The first kappa shape index (κ1) is 22.6. The predicted molar refractivity (Wildman–Crippen MR) is 130 cm³/mol. The molecule has 0 unspecified atom stereocenters. The van der Waals surface area contributed by atoms with E-state index in [9.17, 15) is 9.59 Å². The highest BCUT2D eigenvalue weighted by Gasteiger charge is 2.48. The number of hydrogen-bond acceptors (Lipinski definition) is 5. The number of pyridine rings is 1. The fourth-order valence-electron chi connectivity index (χ4n) is 5.64. The molecule has 0 fully saturated rings. The smallest absolute Gasteiger partial charge is 0.163 e. The molecule has 5 rings (SSSR count). The first-order valence-electron chi connectivity index (χ1n) is 11.9. The standard InChI is InChI=1S/C29H31NO4/c1-28(2)13-20(31)26-23(15-28)34-24-16-29(3,4)14-21(32)27(24)25(26)18-12-17(9-10-22(18)33-5)19-8-6-7-11-30-19/h6-12,25H,13-16H2,1-5H3. The maximum absolute atomic E-state index is 13.6. The van der Waals surface area contributed by atoms with Gasteiger partial charge in [-0.3, -0.25) is 14.6 Å². The van der Waals surface area contributed by atoms with E-state index < -0.39 is 5.92 Å². The van der Waals surface area contributed by atoms with Crippen LogP contribution in [-0.4, -0.2) is 23.7 Å². The van der Waals surface area contributed by atoms with Gasteiger partial charge in [-0.2, -0.15) is 0 Å². The van der Waals surface area contributed by atoms with Crippen LogP contribution in [0.5, 0.6) is 5.75 Å². The minimum Gasteiger partial charge on any atom is -0.496 e. The van der Waals surface area contributed by atoms with E-state index in [4.69, 9.17) is 9.47 Å². The maximum atomic E-state index is 13.6. The van der Waals surface area contributed by atoms with E-state index in [1.54, 1.807) is 13.3 Å². The number of rotatable bonds is 3. The molecule has 0 spiro atoms. The number of methoxy groups -OCH3 is 1. The molecule has 34 heavy (non-hydrogen) atoms. The van der Waals surface area contributed by atoms with E-state index in [-0.39, 0.29) is 22.4 Å². The number of Topliss-reactive ketones (excluding diaryl/α,β-unsaturated/α-hetero) is 2. The van der Waals surface area contributed by atoms with Crippen LogP contribution in [0.3, 0.4) is 0 Å². The van der Waals surface area contributed by atoms with Gasteiger partial charge in [0.2, 0.25) is 0 Å². The largest absolute Gasteiger partial charge is 0.496 e. The third kappa shape index (κ3) is 3.87. The van der Waals surface area contributed by atoms with Crippen LogP contribution >= 0.6 is 0 Å². The number of carbonyl (C=O) groups is 2. The summed E-state index contributed by atoms with van der Waals surface area (Å²) in [6.45, 7) is 8.37. The molecule has 2 aliphatic carbocycles. The Hall–Kier alpha value is -3.21. The summed E-state index contributed by atoms with van der Waals surface area (Å²) in [4.78, 5) is 31.6. The molecule has 5 heteroatoms. The topological polar surface area (TPSA) is 65.5 Å². The minimum atomic E-state index is -0.496. The molecule has 0 radical (unpaired) electrons. The number of nitrogens with zero attached hydrogens (tertiary/aromatic N) is 1. The third-order valence-electron chi connectivity index (χ3n) is 7.08. The molecule has 176 valence electrons. The molecule has 0 atom stereocenters. The Morgan fingerprint density at radius 1 is 0.882 bits per heavy atom. The molecule has 1 aromatic carbocycles. The molecule has 1 aliphatic heterocycles. The van der Waals surface area contributed by atoms with Crippen molar-refractivity contribution < 1.29 is 19.1 Å². The van der Waals surface area contributed by atoms with Crippen LogP contribution < -0.4 is 4.74 Å². The Balaban J connectivity index is 1.75. The zero-order chi connectivity index (χ0) is 24.3. The van der Waals surface area contributed by atoms with Crippen molar-refractivity contribution in [2.45, 2.75) is 59.3 Å². The summed E-state index contributed by atoms with van der Waals surface area (Å²) in [6, 6.07) is 11.7. The lowest BCUT2D eigenvalue weighted by atomic mass is 9.65. The fraction of sp³-hybridized carbons (Fsp3) is 0.414. The van der Waals surface area contributed by atoms with Crippen molar-refractivity contribution in [3.05, 3.63) is 70.8 Å². The molecule has 5 nitrogen and oxygen atoms in total. The van der Waals surface area contributed by atoms with Crippen molar-refractivity contribution in [3.63, 3.8) is 0 Å². The molecular weight excluding hydrogens is 426 g/mol. The summed E-state index contributed by atoms with van der Waals surface area (Å²) >= 11 is 0. The lowest BCUT2D eigenvalue weighted by Gasteiger charge is -2.43. The summed E-state index contributed by atoms with van der Waals surface area (Å²) < 4.78 is 12.2. The number of benzene rings is 1. The SMILES string of the molecule is COc1ccc(-c2ccccn2)cc1C1C2=C(CC(C)(C)CC2=O)OC2=C1C(=O)CC(C)(C)C2. The third-order valence-corrected chi connectivity index (χ3v) is 7.08. The number of hydrogen-bond donors (Lipinski definition) is 0. The van der Waals surface area contributed by atoms with Crippen molar-refractivity contribution in [2.75, 3.05) is 7.11 Å². The lowest BCUT2D eigenvalue weighted by Crippen LogP contribution is -2.37. The van der Waals surface area contributed by atoms with Crippen molar-refractivity contribution in [1.82, 2.24) is 4.98 Å². The fourth-order valence-corrected chi connectivity index (χ4v) is 5.64. The van der Waals surface area contributed by atoms with Gasteiger partial charge in [-0.05, 0) is 41.2 Å². The first-order valence-corrected chi connectivity index (χ1v) is 11.9. The van der Waals surface area contributed by atoms with E-state index >= 15 is 0 Å². The van der Waals surface area contributed by atoms with Gasteiger partial charge in [0.1, 0.15) is 17.3 Å².